The van der Waals surface area contributed by atoms with Crippen LogP contribution in [0.2, 0.25) is 0 Å². The number of carbonyl (C=O) groups is 3. The van der Waals surface area contributed by atoms with Gasteiger partial charge in [-0.25, -0.2) is 9.59 Å². The molecule has 1 aliphatic rings. The number of aliphatic carboxylic acids is 2. The fourth-order valence-corrected chi connectivity index (χ4v) is 3.32. The summed E-state index contributed by atoms with van der Waals surface area (Å²) in [6.07, 6.45) is 2.54. The molecule has 0 radical (unpaired) electrons. The molecule has 2 aromatic rings. The van der Waals surface area contributed by atoms with Gasteiger partial charge in [-0.3, -0.25) is 4.79 Å². The molecule has 3 rings (SSSR count). The fourth-order valence-electron chi connectivity index (χ4n) is 2.65. The molecular formula is C19H23N3O5S. The van der Waals surface area contributed by atoms with Gasteiger partial charge in [0.2, 0.25) is 5.91 Å². The predicted molar refractivity (Wildman–Crippen MR) is 108 cm³/mol. The summed E-state index contributed by atoms with van der Waals surface area (Å²) in [5.41, 5.74) is 2.09. The third-order valence-electron chi connectivity index (χ3n) is 3.97. The minimum Gasteiger partial charge on any atom is -0.473 e. The Morgan fingerprint density at radius 1 is 1.00 bits per heavy atom. The Labute approximate surface area is 166 Å². The molecule has 8 nitrogen and oxygen atoms in total. The number of carbonyl (C=O) groups excluding carboxylic acids is 1. The molecule has 1 aliphatic heterocycles. The molecule has 2 heterocycles. The number of amides is 1. The van der Waals surface area contributed by atoms with Gasteiger partial charge in [0.15, 0.2) is 0 Å². The number of benzene rings is 1. The molecule has 0 saturated carbocycles. The van der Waals surface area contributed by atoms with Crippen LogP contribution in [0.4, 0.5) is 11.4 Å². The van der Waals surface area contributed by atoms with E-state index in [4.69, 9.17) is 19.8 Å². The average Bonchev–Trinajstić information content (AvgIpc) is 3.37. The van der Waals surface area contributed by atoms with Crippen LogP contribution < -0.4 is 15.5 Å². The van der Waals surface area contributed by atoms with Crippen LogP contribution >= 0.6 is 11.3 Å². The SMILES string of the molecule is O=C(CNCc1cccs1)Nc1ccc(N2CCCC2)cc1.O=C(O)C(=O)O. The van der Waals surface area contributed by atoms with E-state index in [0.29, 0.717) is 6.54 Å². The fraction of sp³-hybridized carbons (Fsp3) is 0.316. The van der Waals surface area contributed by atoms with Crippen LogP contribution in [0.5, 0.6) is 0 Å². The van der Waals surface area contributed by atoms with Crippen LogP contribution in [-0.4, -0.2) is 47.7 Å². The minimum atomic E-state index is -1.82. The summed E-state index contributed by atoms with van der Waals surface area (Å²) in [6, 6.07) is 12.2. The van der Waals surface area contributed by atoms with Gasteiger partial charge in [-0.2, -0.15) is 0 Å². The zero-order chi connectivity index (χ0) is 20.4. The molecule has 0 bridgehead atoms. The van der Waals surface area contributed by atoms with Gasteiger partial charge >= 0.3 is 11.9 Å². The second kappa shape index (κ2) is 11.1. The molecular weight excluding hydrogens is 382 g/mol. The first-order valence-electron chi connectivity index (χ1n) is 8.80. The van der Waals surface area contributed by atoms with Crippen LogP contribution in [0.1, 0.15) is 17.7 Å². The molecule has 0 spiro atoms. The largest absolute Gasteiger partial charge is 0.473 e. The molecule has 0 atom stereocenters. The summed E-state index contributed by atoms with van der Waals surface area (Å²) in [5.74, 6) is -3.66. The van der Waals surface area contributed by atoms with E-state index in [1.165, 1.54) is 23.4 Å². The highest BCUT2D eigenvalue weighted by molar-refractivity contribution is 7.09. The number of carboxylic acid groups (broad SMARTS) is 2. The highest BCUT2D eigenvalue weighted by Gasteiger charge is 2.12. The Morgan fingerprint density at radius 2 is 1.64 bits per heavy atom. The van der Waals surface area contributed by atoms with Crippen molar-refractivity contribution in [2.75, 3.05) is 29.9 Å². The molecule has 0 unspecified atom stereocenters. The molecule has 1 aromatic carbocycles. The monoisotopic (exact) mass is 405 g/mol. The van der Waals surface area contributed by atoms with Gasteiger partial charge in [0, 0.05) is 35.9 Å². The molecule has 1 amide bonds. The Hall–Kier alpha value is -2.91. The Balaban J connectivity index is 0.000000409. The minimum absolute atomic E-state index is 0.00882. The van der Waals surface area contributed by atoms with E-state index >= 15 is 0 Å². The number of anilines is 2. The van der Waals surface area contributed by atoms with Gasteiger partial charge in [-0.15, -0.1) is 11.3 Å². The van der Waals surface area contributed by atoms with Crippen molar-refractivity contribution in [1.29, 1.82) is 0 Å². The zero-order valence-electron chi connectivity index (χ0n) is 15.3. The molecule has 1 fully saturated rings. The third kappa shape index (κ3) is 7.37. The number of thiophene rings is 1. The standard InChI is InChI=1S/C17H21N3OS.C2H2O4/c21-17(13-18-12-16-4-3-11-22-16)19-14-5-7-15(8-6-14)20-9-1-2-10-20;3-1(4)2(5)6/h3-8,11,18H,1-2,9-10,12-13H2,(H,19,21);(H,3,4)(H,5,6). The molecule has 28 heavy (non-hydrogen) atoms. The van der Waals surface area contributed by atoms with Crippen LogP contribution in [-0.2, 0) is 20.9 Å². The van der Waals surface area contributed by atoms with Gasteiger partial charge in [0.25, 0.3) is 0 Å². The Morgan fingerprint density at radius 3 is 2.18 bits per heavy atom. The van der Waals surface area contributed by atoms with E-state index in [0.717, 1.165) is 25.3 Å². The van der Waals surface area contributed by atoms with E-state index in [-0.39, 0.29) is 5.91 Å². The summed E-state index contributed by atoms with van der Waals surface area (Å²) < 4.78 is 0. The van der Waals surface area contributed by atoms with Crippen molar-refractivity contribution in [3.05, 3.63) is 46.7 Å². The topological polar surface area (TPSA) is 119 Å². The van der Waals surface area contributed by atoms with Crippen molar-refractivity contribution in [3.63, 3.8) is 0 Å². The number of hydrogen-bond donors (Lipinski definition) is 4. The first-order valence-corrected chi connectivity index (χ1v) is 9.68. The Bertz CT molecular complexity index is 759. The van der Waals surface area contributed by atoms with Crippen molar-refractivity contribution in [2.45, 2.75) is 19.4 Å². The summed E-state index contributed by atoms with van der Waals surface area (Å²) in [4.78, 5) is 33.7. The van der Waals surface area contributed by atoms with E-state index in [1.807, 2.05) is 23.6 Å². The molecule has 9 heteroatoms. The van der Waals surface area contributed by atoms with Gasteiger partial charge in [0.05, 0.1) is 6.54 Å². The summed E-state index contributed by atoms with van der Waals surface area (Å²) >= 11 is 1.69. The van der Waals surface area contributed by atoms with Crippen molar-refractivity contribution in [3.8, 4) is 0 Å². The van der Waals surface area contributed by atoms with Gasteiger partial charge < -0.3 is 25.7 Å². The highest BCUT2D eigenvalue weighted by Crippen LogP contribution is 2.21. The normalized spacial score (nSPS) is 12.8. The second-order valence-electron chi connectivity index (χ2n) is 6.08. The van der Waals surface area contributed by atoms with Gasteiger partial charge in [-0.1, -0.05) is 6.07 Å². The quantitative estimate of drug-likeness (QED) is 0.544. The first kappa shape index (κ1) is 21.4. The van der Waals surface area contributed by atoms with Crippen molar-refractivity contribution in [1.82, 2.24) is 5.32 Å². The third-order valence-corrected chi connectivity index (χ3v) is 4.85. The van der Waals surface area contributed by atoms with Crippen LogP contribution in [0, 0.1) is 0 Å². The zero-order valence-corrected chi connectivity index (χ0v) is 16.1. The maximum atomic E-state index is 11.9. The number of rotatable bonds is 6. The van der Waals surface area contributed by atoms with Crippen LogP contribution in [0.3, 0.4) is 0 Å². The van der Waals surface area contributed by atoms with Crippen molar-refractivity contribution in [2.24, 2.45) is 0 Å². The number of nitrogens with zero attached hydrogens (tertiary/aromatic N) is 1. The van der Waals surface area contributed by atoms with Crippen molar-refractivity contribution >= 4 is 40.6 Å². The van der Waals surface area contributed by atoms with E-state index in [9.17, 15) is 4.79 Å². The van der Waals surface area contributed by atoms with Crippen molar-refractivity contribution < 1.29 is 24.6 Å². The first-order chi connectivity index (χ1) is 13.5. The lowest BCUT2D eigenvalue weighted by Crippen LogP contribution is -2.27. The van der Waals surface area contributed by atoms with E-state index < -0.39 is 11.9 Å². The number of hydrogen-bond acceptors (Lipinski definition) is 6. The van der Waals surface area contributed by atoms with Gasteiger partial charge in [-0.05, 0) is 48.6 Å². The average molecular weight is 405 g/mol. The van der Waals surface area contributed by atoms with Crippen LogP contribution in [0.25, 0.3) is 0 Å². The molecule has 150 valence electrons. The van der Waals surface area contributed by atoms with Crippen LogP contribution in [0.15, 0.2) is 41.8 Å². The Kier molecular flexibility index (Phi) is 8.44. The molecule has 1 aromatic heterocycles. The van der Waals surface area contributed by atoms with Gasteiger partial charge in [0.1, 0.15) is 0 Å². The number of carboxylic acids is 2. The molecule has 1 saturated heterocycles. The maximum Gasteiger partial charge on any atom is 0.414 e. The second-order valence-corrected chi connectivity index (χ2v) is 7.11. The summed E-state index contributed by atoms with van der Waals surface area (Å²) in [7, 11) is 0. The lowest BCUT2D eigenvalue weighted by atomic mass is 10.2. The summed E-state index contributed by atoms with van der Waals surface area (Å²) in [5, 5.41) is 22.9. The summed E-state index contributed by atoms with van der Waals surface area (Å²) in [6.45, 7) is 3.33. The lowest BCUT2D eigenvalue weighted by Gasteiger charge is -2.17. The smallest absolute Gasteiger partial charge is 0.414 e. The number of nitrogens with one attached hydrogen (secondary N) is 2. The predicted octanol–water partition coefficient (Wildman–Crippen LogP) is 2.23. The molecule has 0 aliphatic carbocycles. The maximum absolute atomic E-state index is 11.9. The molecule has 4 N–H and O–H groups in total. The van der Waals surface area contributed by atoms with E-state index in [1.54, 1.807) is 11.3 Å². The lowest BCUT2D eigenvalue weighted by molar-refractivity contribution is -0.159. The highest BCUT2D eigenvalue weighted by atomic mass is 32.1. The van der Waals surface area contributed by atoms with E-state index in [2.05, 4.69) is 33.7 Å².